The summed E-state index contributed by atoms with van der Waals surface area (Å²) in [5, 5.41) is 7.09. The molecule has 2 N–H and O–H groups in total. The van der Waals surface area contributed by atoms with Gasteiger partial charge < -0.3 is 15.4 Å². The Balaban J connectivity index is 2.29. The summed E-state index contributed by atoms with van der Waals surface area (Å²) in [7, 11) is 0. The predicted molar refractivity (Wildman–Crippen MR) is 85.8 cm³/mol. The quantitative estimate of drug-likeness (QED) is 0.618. The molecule has 3 nitrogen and oxygen atoms in total. The van der Waals surface area contributed by atoms with Crippen molar-refractivity contribution in [3.8, 4) is 0 Å². The topological polar surface area (TPSA) is 33.3 Å². The van der Waals surface area contributed by atoms with Gasteiger partial charge in [0.1, 0.15) is 0 Å². The van der Waals surface area contributed by atoms with Gasteiger partial charge in [0, 0.05) is 18.8 Å². The number of hydrogen-bond donors (Lipinski definition) is 2. The molecule has 0 radical (unpaired) electrons. The smallest absolute Gasteiger partial charge is 0.170 e. The second kappa shape index (κ2) is 8.12. The maximum absolute atomic E-state index is 5.47. The van der Waals surface area contributed by atoms with Gasteiger partial charge in [-0.1, -0.05) is 12.1 Å². The van der Waals surface area contributed by atoms with Crippen LogP contribution in [0, 0.1) is 13.8 Å². The largest absolute Gasteiger partial charge is 0.379 e. The van der Waals surface area contributed by atoms with Crippen LogP contribution >= 0.6 is 12.2 Å². The fourth-order valence-corrected chi connectivity index (χ4v) is 1.86. The van der Waals surface area contributed by atoms with Gasteiger partial charge in [0.05, 0.1) is 6.10 Å². The van der Waals surface area contributed by atoms with Crippen LogP contribution in [-0.4, -0.2) is 24.4 Å². The molecular formula is C15H24N2OS. The molecule has 0 atom stereocenters. The molecule has 0 saturated carbocycles. The summed E-state index contributed by atoms with van der Waals surface area (Å²) in [4.78, 5) is 0. The van der Waals surface area contributed by atoms with Crippen molar-refractivity contribution >= 4 is 23.0 Å². The molecule has 0 heterocycles. The summed E-state index contributed by atoms with van der Waals surface area (Å²) < 4.78 is 5.47. The summed E-state index contributed by atoms with van der Waals surface area (Å²) in [5.41, 5.74) is 3.56. The SMILES string of the molecule is Cc1cccc(NC(=S)NCCCOC(C)C)c1C. The minimum absolute atomic E-state index is 0.292. The number of ether oxygens (including phenoxy) is 1. The first kappa shape index (κ1) is 15.9. The van der Waals surface area contributed by atoms with Crippen LogP contribution in [0.5, 0.6) is 0 Å². The highest BCUT2D eigenvalue weighted by Crippen LogP contribution is 2.17. The molecule has 0 aliphatic rings. The highest BCUT2D eigenvalue weighted by Gasteiger charge is 2.02. The minimum atomic E-state index is 0.292. The van der Waals surface area contributed by atoms with Gasteiger partial charge in [-0.25, -0.2) is 0 Å². The molecule has 19 heavy (non-hydrogen) atoms. The average Bonchev–Trinajstić information content (AvgIpc) is 2.34. The van der Waals surface area contributed by atoms with Gasteiger partial charge in [-0.2, -0.15) is 0 Å². The first-order valence-electron chi connectivity index (χ1n) is 6.73. The van der Waals surface area contributed by atoms with Crippen LogP contribution in [0.2, 0.25) is 0 Å². The molecule has 0 bridgehead atoms. The van der Waals surface area contributed by atoms with E-state index in [0.29, 0.717) is 11.2 Å². The van der Waals surface area contributed by atoms with Crippen molar-refractivity contribution in [3.05, 3.63) is 29.3 Å². The average molecular weight is 280 g/mol. The molecule has 0 unspecified atom stereocenters. The van der Waals surface area contributed by atoms with E-state index in [4.69, 9.17) is 17.0 Å². The van der Waals surface area contributed by atoms with Crippen molar-refractivity contribution < 1.29 is 4.74 Å². The van der Waals surface area contributed by atoms with Crippen LogP contribution in [0.25, 0.3) is 0 Å². The van der Waals surface area contributed by atoms with E-state index < -0.39 is 0 Å². The third kappa shape index (κ3) is 6.03. The minimum Gasteiger partial charge on any atom is -0.379 e. The third-order valence-corrected chi connectivity index (χ3v) is 3.16. The normalized spacial score (nSPS) is 10.6. The van der Waals surface area contributed by atoms with Crippen molar-refractivity contribution in [1.29, 1.82) is 0 Å². The Morgan fingerprint density at radius 3 is 2.74 bits per heavy atom. The fourth-order valence-electron chi connectivity index (χ4n) is 1.65. The monoisotopic (exact) mass is 280 g/mol. The van der Waals surface area contributed by atoms with E-state index in [9.17, 15) is 0 Å². The van der Waals surface area contributed by atoms with Crippen molar-refractivity contribution in [3.63, 3.8) is 0 Å². The predicted octanol–water partition coefficient (Wildman–Crippen LogP) is 3.40. The Bertz CT molecular complexity index is 419. The van der Waals surface area contributed by atoms with Gasteiger partial charge in [-0.15, -0.1) is 0 Å². The maximum atomic E-state index is 5.47. The van der Waals surface area contributed by atoms with E-state index in [0.717, 1.165) is 25.3 Å². The number of anilines is 1. The van der Waals surface area contributed by atoms with Crippen LogP contribution < -0.4 is 10.6 Å². The Kier molecular flexibility index (Phi) is 6.81. The molecular weight excluding hydrogens is 256 g/mol. The Morgan fingerprint density at radius 2 is 2.05 bits per heavy atom. The molecule has 0 aromatic heterocycles. The maximum Gasteiger partial charge on any atom is 0.170 e. The lowest BCUT2D eigenvalue weighted by Crippen LogP contribution is -2.30. The van der Waals surface area contributed by atoms with Gasteiger partial charge in [0.15, 0.2) is 5.11 Å². The number of aryl methyl sites for hydroxylation is 1. The standard InChI is InChI=1S/C15H24N2OS/c1-11(2)18-10-6-9-16-15(19)17-14-8-5-7-12(3)13(14)4/h5,7-8,11H,6,9-10H2,1-4H3,(H2,16,17,19). The molecule has 0 aliphatic heterocycles. The van der Waals surface area contributed by atoms with Crippen LogP contribution in [0.1, 0.15) is 31.4 Å². The van der Waals surface area contributed by atoms with Gasteiger partial charge >= 0.3 is 0 Å². The second-order valence-corrected chi connectivity index (χ2v) is 5.31. The number of benzene rings is 1. The molecule has 0 fully saturated rings. The first-order chi connectivity index (χ1) is 9.00. The van der Waals surface area contributed by atoms with Gasteiger partial charge in [0.25, 0.3) is 0 Å². The van der Waals surface area contributed by atoms with Gasteiger partial charge in [-0.3, -0.25) is 0 Å². The first-order valence-corrected chi connectivity index (χ1v) is 7.14. The molecule has 1 rings (SSSR count). The van der Waals surface area contributed by atoms with Crippen LogP contribution in [-0.2, 0) is 4.74 Å². The molecule has 1 aromatic carbocycles. The summed E-state index contributed by atoms with van der Waals surface area (Å²) in [6.07, 6.45) is 1.24. The van der Waals surface area contributed by atoms with E-state index in [1.54, 1.807) is 0 Å². The number of nitrogens with one attached hydrogen (secondary N) is 2. The summed E-state index contributed by atoms with van der Waals surface area (Å²) in [6, 6.07) is 6.17. The number of hydrogen-bond acceptors (Lipinski definition) is 2. The van der Waals surface area contributed by atoms with Crippen LogP contribution in [0.4, 0.5) is 5.69 Å². The van der Waals surface area contributed by atoms with Gasteiger partial charge in [0.2, 0.25) is 0 Å². The Labute approximate surface area is 121 Å². The molecule has 0 amide bonds. The lowest BCUT2D eigenvalue weighted by atomic mass is 10.1. The van der Waals surface area contributed by atoms with E-state index in [2.05, 4.69) is 30.5 Å². The fraction of sp³-hybridized carbons (Fsp3) is 0.533. The lowest BCUT2D eigenvalue weighted by Gasteiger charge is -2.14. The van der Waals surface area contributed by atoms with E-state index in [-0.39, 0.29) is 0 Å². The molecule has 0 saturated heterocycles. The van der Waals surface area contributed by atoms with Crippen molar-refractivity contribution in [2.45, 2.75) is 40.2 Å². The Hall–Kier alpha value is -1.13. The zero-order chi connectivity index (χ0) is 14.3. The van der Waals surface area contributed by atoms with Crippen molar-refractivity contribution in [1.82, 2.24) is 5.32 Å². The highest BCUT2D eigenvalue weighted by molar-refractivity contribution is 7.80. The van der Waals surface area contributed by atoms with Crippen LogP contribution in [0.15, 0.2) is 18.2 Å². The van der Waals surface area contributed by atoms with Crippen molar-refractivity contribution in [2.75, 3.05) is 18.5 Å². The molecule has 0 spiro atoms. The number of rotatable bonds is 6. The van der Waals surface area contributed by atoms with E-state index in [1.807, 2.05) is 26.0 Å². The lowest BCUT2D eigenvalue weighted by molar-refractivity contribution is 0.0777. The summed E-state index contributed by atoms with van der Waals surface area (Å²) in [6.45, 7) is 9.86. The molecule has 0 aliphatic carbocycles. The highest BCUT2D eigenvalue weighted by atomic mass is 32.1. The van der Waals surface area contributed by atoms with Crippen molar-refractivity contribution in [2.24, 2.45) is 0 Å². The van der Waals surface area contributed by atoms with E-state index >= 15 is 0 Å². The zero-order valence-corrected chi connectivity index (χ0v) is 13.1. The third-order valence-electron chi connectivity index (χ3n) is 2.91. The Morgan fingerprint density at radius 1 is 1.32 bits per heavy atom. The molecule has 1 aromatic rings. The van der Waals surface area contributed by atoms with Crippen LogP contribution in [0.3, 0.4) is 0 Å². The number of thiocarbonyl (C=S) groups is 1. The van der Waals surface area contributed by atoms with E-state index in [1.165, 1.54) is 11.1 Å². The summed E-state index contributed by atoms with van der Waals surface area (Å²) in [5.74, 6) is 0. The zero-order valence-electron chi connectivity index (χ0n) is 12.2. The summed E-state index contributed by atoms with van der Waals surface area (Å²) >= 11 is 5.28. The molecule has 106 valence electrons. The van der Waals surface area contributed by atoms with Gasteiger partial charge in [-0.05, 0) is 63.5 Å². The molecule has 4 heteroatoms. The second-order valence-electron chi connectivity index (χ2n) is 4.90.